The summed E-state index contributed by atoms with van der Waals surface area (Å²) in [7, 11) is 0. The first kappa shape index (κ1) is 23.6. The van der Waals surface area contributed by atoms with Crippen LogP contribution in [-0.4, -0.2) is 42.4 Å². The van der Waals surface area contributed by atoms with Crippen LogP contribution in [0.2, 0.25) is 0 Å². The molecule has 1 aliphatic heterocycles. The molecule has 0 radical (unpaired) electrons. The van der Waals surface area contributed by atoms with Crippen LogP contribution in [0.1, 0.15) is 69.9 Å². The quantitative estimate of drug-likeness (QED) is 0.466. The molecule has 0 aliphatic carbocycles. The molecule has 0 aromatic heterocycles. The molecular formula is C24H34N2O4. The fourth-order valence-corrected chi connectivity index (χ4v) is 3.83. The van der Waals surface area contributed by atoms with Crippen molar-refractivity contribution in [1.82, 2.24) is 10.2 Å². The third kappa shape index (κ3) is 6.18. The highest BCUT2D eigenvalue weighted by molar-refractivity contribution is 5.97. The highest BCUT2D eigenvalue weighted by Gasteiger charge is 2.37. The van der Waals surface area contributed by atoms with Crippen LogP contribution in [0.25, 0.3) is 0 Å². The number of nitrogens with one attached hydrogen (secondary N) is 1. The van der Waals surface area contributed by atoms with Crippen LogP contribution in [0.5, 0.6) is 0 Å². The molecule has 2 rings (SSSR count). The summed E-state index contributed by atoms with van der Waals surface area (Å²) in [5, 5.41) is 2.88. The summed E-state index contributed by atoms with van der Waals surface area (Å²) in [5.41, 5.74) is 2.92. The van der Waals surface area contributed by atoms with Crippen molar-refractivity contribution in [2.75, 3.05) is 19.7 Å². The predicted octanol–water partition coefficient (Wildman–Crippen LogP) is 3.84. The van der Waals surface area contributed by atoms with Gasteiger partial charge in [0.05, 0.1) is 12.2 Å². The number of aryl methyl sites for hydroxylation is 1. The average molecular weight is 415 g/mol. The smallest absolute Gasteiger partial charge is 0.336 e. The molecule has 30 heavy (non-hydrogen) atoms. The number of rotatable bonds is 10. The van der Waals surface area contributed by atoms with Gasteiger partial charge in [-0.2, -0.15) is 0 Å². The van der Waals surface area contributed by atoms with Gasteiger partial charge in [0.25, 0.3) is 0 Å². The zero-order valence-electron chi connectivity index (χ0n) is 18.6. The SMILES string of the molecule is CCCCCCNC(=O)CN1C(=O)C[C@@H](c2cccc(C)c2)C(C(=O)OCC)=C1C. The Morgan fingerprint density at radius 1 is 1.17 bits per heavy atom. The number of amides is 2. The van der Waals surface area contributed by atoms with E-state index in [1.54, 1.807) is 13.8 Å². The fraction of sp³-hybridized carbons (Fsp3) is 0.542. The van der Waals surface area contributed by atoms with E-state index >= 15 is 0 Å². The van der Waals surface area contributed by atoms with Gasteiger partial charge in [0.1, 0.15) is 6.54 Å². The Bertz CT molecular complexity index is 800. The van der Waals surface area contributed by atoms with Crippen LogP contribution in [0.15, 0.2) is 35.5 Å². The van der Waals surface area contributed by atoms with Crippen LogP contribution in [0, 0.1) is 6.92 Å². The van der Waals surface area contributed by atoms with Crippen LogP contribution < -0.4 is 5.32 Å². The maximum Gasteiger partial charge on any atom is 0.336 e. The highest BCUT2D eigenvalue weighted by Crippen LogP contribution is 2.37. The fourth-order valence-electron chi connectivity index (χ4n) is 3.83. The lowest BCUT2D eigenvalue weighted by atomic mass is 9.83. The number of esters is 1. The van der Waals surface area contributed by atoms with Gasteiger partial charge in [-0.3, -0.25) is 9.59 Å². The van der Waals surface area contributed by atoms with Crippen LogP contribution in [-0.2, 0) is 19.1 Å². The van der Waals surface area contributed by atoms with Gasteiger partial charge in [-0.15, -0.1) is 0 Å². The minimum absolute atomic E-state index is 0.0815. The Morgan fingerprint density at radius 2 is 1.93 bits per heavy atom. The Morgan fingerprint density at radius 3 is 2.60 bits per heavy atom. The molecule has 1 aromatic rings. The molecular weight excluding hydrogens is 380 g/mol. The van der Waals surface area contributed by atoms with Crippen LogP contribution in [0.3, 0.4) is 0 Å². The molecule has 1 atom stereocenters. The summed E-state index contributed by atoms with van der Waals surface area (Å²) in [6.45, 7) is 8.37. The number of nitrogens with zero attached hydrogens (tertiary/aromatic N) is 1. The van der Waals surface area contributed by atoms with Crippen molar-refractivity contribution >= 4 is 17.8 Å². The topological polar surface area (TPSA) is 75.7 Å². The van der Waals surface area contributed by atoms with E-state index in [-0.39, 0.29) is 37.3 Å². The molecule has 1 heterocycles. The standard InChI is InChI=1S/C24H34N2O4/c1-5-7-8-9-13-25-21(27)16-26-18(4)23(24(29)30-6-2)20(15-22(26)28)19-12-10-11-17(3)14-19/h10-12,14,20H,5-9,13,15-16H2,1-4H3,(H,25,27)/t20-/m0/s1. The van der Waals surface area contributed by atoms with Crippen LogP contribution in [0.4, 0.5) is 0 Å². The van der Waals surface area contributed by atoms with E-state index < -0.39 is 5.97 Å². The molecule has 0 fully saturated rings. The number of ether oxygens (including phenoxy) is 1. The van der Waals surface area contributed by atoms with Crippen LogP contribution >= 0.6 is 0 Å². The van der Waals surface area contributed by atoms with Crippen molar-refractivity contribution in [1.29, 1.82) is 0 Å². The van der Waals surface area contributed by atoms with Gasteiger partial charge >= 0.3 is 5.97 Å². The number of allylic oxidation sites excluding steroid dienone is 1. The second kappa shape index (κ2) is 11.5. The van der Waals surface area contributed by atoms with E-state index in [2.05, 4.69) is 12.2 Å². The summed E-state index contributed by atoms with van der Waals surface area (Å²) >= 11 is 0. The third-order valence-corrected chi connectivity index (χ3v) is 5.42. The first-order valence-electron chi connectivity index (χ1n) is 10.9. The molecule has 0 saturated carbocycles. The van der Waals surface area contributed by atoms with Crippen molar-refractivity contribution in [3.63, 3.8) is 0 Å². The molecule has 0 bridgehead atoms. The summed E-state index contributed by atoms with van der Waals surface area (Å²) in [6, 6.07) is 7.82. The average Bonchev–Trinajstić information content (AvgIpc) is 2.70. The summed E-state index contributed by atoms with van der Waals surface area (Å²) < 4.78 is 5.29. The molecule has 2 amide bonds. The van der Waals surface area contributed by atoms with Crippen molar-refractivity contribution in [3.05, 3.63) is 46.7 Å². The van der Waals surface area contributed by atoms with Gasteiger partial charge < -0.3 is 15.0 Å². The van der Waals surface area contributed by atoms with Gasteiger partial charge in [0.15, 0.2) is 0 Å². The molecule has 1 aliphatic rings. The van der Waals surface area contributed by atoms with E-state index in [0.717, 1.165) is 36.8 Å². The molecule has 1 aromatic carbocycles. The van der Waals surface area contributed by atoms with E-state index in [1.165, 1.54) is 4.90 Å². The van der Waals surface area contributed by atoms with Gasteiger partial charge in [-0.1, -0.05) is 56.0 Å². The largest absolute Gasteiger partial charge is 0.463 e. The highest BCUT2D eigenvalue weighted by atomic mass is 16.5. The summed E-state index contributed by atoms with van der Waals surface area (Å²) in [6.07, 6.45) is 4.42. The first-order valence-corrected chi connectivity index (χ1v) is 10.9. The zero-order valence-corrected chi connectivity index (χ0v) is 18.6. The van der Waals surface area contributed by atoms with E-state index in [0.29, 0.717) is 17.8 Å². The van der Waals surface area contributed by atoms with Crippen molar-refractivity contribution < 1.29 is 19.1 Å². The number of carbonyl (C=O) groups excluding carboxylic acids is 3. The second-order valence-electron chi connectivity index (χ2n) is 7.78. The minimum Gasteiger partial charge on any atom is -0.463 e. The van der Waals surface area contributed by atoms with Gasteiger partial charge in [-0.25, -0.2) is 4.79 Å². The van der Waals surface area contributed by atoms with Crippen molar-refractivity contribution in [3.8, 4) is 0 Å². The third-order valence-electron chi connectivity index (χ3n) is 5.42. The monoisotopic (exact) mass is 414 g/mol. The first-order chi connectivity index (χ1) is 14.4. The van der Waals surface area contributed by atoms with Gasteiger partial charge in [0.2, 0.25) is 11.8 Å². The Hall–Kier alpha value is -2.63. The number of hydrogen-bond donors (Lipinski definition) is 1. The molecule has 6 heteroatoms. The lowest BCUT2D eigenvalue weighted by molar-refractivity contribution is -0.141. The molecule has 164 valence electrons. The summed E-state index contributed by atoms with van der Waals surface area (Å²) in [4.78, 5) is 39.5. The molecule has 0 unspecified atom stereocenters. The Labute approximate surface area is 179 Å². The van der Waals surface area contributed by atoms with Crippen molar-refractivity contribution in [2.45, 2.75) is 65.7 Å². The lowest BCUT2D eigenvalue weighted by Gasteiger charge is -2.34. The van der Waals surface area contributed by atoms with E-state index in [9.17, 15) is 14.4 Å². The summed E-state index contributed by atoms with van der Waals surface area (Å²) in [5.74, 6) is -1.17. The normalized spacial score (nSPS) is 16.6. The van der Waals surface area contributed by atoms with Crippen molar-refractivity contribution in [2.24, 2.45) is 0 Å². The lowest BCUT2D eigenvalue weighted by Crippen LogP contribution is -2.44. The maximum atomic E-state index is 12.9. The molecule has 0 saturated heterocycles. The zero-order chi connectivity index (χ0) is 22.1. The van der Waals surface area contributed by atoms with Gasteiger partial charge in [-0.05, 0) is 32.8 Å². The second-order valence-corrected chi connectivity index (χ2v) is 7.78. The Balaban J connectivity index is 2.22. The minimum atomic E-state index is -0.432. The molecule has 0 spiro atoms. The molecule has 6 nitrogen and oxygen atoms in total. The number of carbonyl (C=O) groups is 3. The Kier molecular flexibility index (Phi) is 9.09. The maximum absolute atomic E-state index is 12.9. The van der Waals surface area contributed by atoms with Gasteiger partial charge in [0, 0.05) is 24.6 Å². The number of hydrogen-bond acceptors (Lipinski definition) is 4. The predicted molar refractivity (Wildman–Crippen MR) is 117 cm³/mol. The number of unbranched alkanes of at least 4 members (excludes halogenated alkanes) is 3. The van der Waals surface area contributed by atoms with E-state index in [1.807, 2.05) is 31.2 Å². The number of benzene rings is 1. The van der Waals surface area contributed by atoms with E-state index in [4.69, 9.17) is 4.74 Å². The molecule has 1 N–H and O–H groups in total.